The van der Waals surface area contributed by atoms with Crippen LogP contribution in [0.2, 0.25) is 0 Å². The number of benzene rings is 1. The van der Waals surface area contributed by atoms with Crippen LogP contribution in [0.15, 0.2) is 30.3 Å². The number of pyridine rings is 1. The first-order valence-electron chi connectivity index (χ1n) is 10.9. The fraction of sp³-hybridized carbons (Fsp3) is 0.458. The van der Waals surface area contributed by atoms with Gasteiger partial charge in [0, 0.05) is 51.8 Å². The van der Waals surface area contributed by atoms with E-state index in [4.69, 9.17) is 9.47 Å². The van der Waals surface area contributed by atoms with Crippen molar-refractivity contribution in [1.29, 1.82) is 0 Å². The van der Waals surface area contributed by atoms with Crippen LogP contribution in [-0.2, 0) is 9.53 Å². The third-order valence-electron chi connectivity index (χ3n) is 5.62. The number of esters is 1. The number of anilines is 2. The number of nitrogens with zero attached hydrogens (tertiary/aromatic N) is 3. The van der Waals surface area contributed by atoms with Gasteiger partial charge in [-0.25, -0.2) is 4.98 Å². The maximum absolute atomic E-state index is 12.3. The summed E-state index contributed by atoms with van der Waals surface area (Å²) >= 11 is 0. The topological polar surface area (TPSA) is 84.0 Å². The second-order valence-electron chi connectivity index (χ2n) is 7.92. The highest BCUT2D eigenvalue weighted by Gasteiger charge is 2.20. The van der Waals surface area contributed by atoms with Gasteiger partial charge in [-0.2, -0.15) is 0 Å². The van der Waals surface area contributed by atoms with Gasteiger partial charge in [0.1, 0.15) is 11.6 Å². The van der Waals surface area contributed by atoms with E-state index in [0.717, 1.165) is 62.1 Å². The molecular weight excluding hydrogens is 408 g/mol. The minimum atomic E-state index is -0.469. The van der Waals surface area contributed by atoms with Gasteiger partial charge in [-0.05, 0) is 37.6 Å². The van der Waals surface area contributed by atoms with Crippen molar-refractivity contribution in [3.63, 3.8) is 0 Å². The fourth-order valence-electron chi connectivity index (χ4n) is 4.03. The first kappa shape index (κ1) is 23.5. The largest absolute Gasteiger partial charge is 0.495 e. The zero-order valence-electron chi connectivity index (χ0n) is 19.3. The third kappa shape index (κ3) is 5.97. The molecule has 0 radical (unpaired) electrons. The minimum Gasteiger partial charge on any atom is -0.495 e. The number of rotatable bonds is 9. The third-order valence-corrected chi connectivity index (χ3v) is 5.62. The Hall–Kier alpha value is -3.13. The summed E-state index contributed by atoms with van der Waals surface area (Å²) in [6.45, 7) is 10.3. The van der Waals surface area contributed by atoms with Crippen molar-refractivity contribution in [2.75, 3.05) is 63.2 Å². The molecule has 1 aromatic carbocycles. The number of ether oxygens (including phenoxy) is 2. The van der Waals surface area contributed by atoms with E-state index in [0.29, 0.717) is 11.3 Å². The molecule has 1 aliphatic heterocycles. The van der Waals surface area contributed by atoms with E-state index in [9.17, 15) is 9.59 Å². The molecule has 0 amide bonds. The number of Topliss-reactive ketones (excluding diaryl/α,β-unsaturated/α-hetero) is 1. The highest BCUT2D eigenvalue weighted by atomic mass is 16.5. The second kappa shape index (κ2) is 10.9. The van der Waals surface area contributed by atoms with Crippen molar-refractivity contribution in [3.05, 3.63) is 47.2 Å². The molecule has 1 saturated heterocycles. The van der Waals surface area contributed by atoms with Gasteiger partial charge in [0.2, 0.25) is 5.78 Å². The molecule has 2 heterocycles. The normalized spacial score (nSPS) is 14.2. The molecule has 2 aromatic rings. The molecule has 8 nitrogen and oxygen atoms in total. The lowest BCUT2D eigenvalue weighted by atomic mass is 10.0. The van der Waals surface area contributed by atoms with Crippen LogP contribution in [0.1, 0.15) is 28.5 Å². The van der Waals surface area contributed by atoms with Crippen LogP contribution in [0.25, 0.3) is 0 Å². The number of carbonyl (C=O) groups excluding carboxylic acids is 2. The quantitative estimate of drug-likeness (QED) is 0.471. The molecule has 3 rings (SSSR count). The Balaban J connectivity index is 1.49. The molecule has 8 heteroatoms. The van der Waals surface area contributed by atoms with E-state index in [1.54, 1.807) is 14.0 Å². The van der Waals surface area contributed by atoms with Crippen molar-refractivity contribution in [2.45, 2.75) is 20.8 Å². The molecule has 1 aromatic heterocycles. The number of carbonyl (C=O) groups is 2. The second-order valence-corrected chi connectivity index (χ2v) is 7.92. The molecule has 1 fully saturated rings. The Kier molecular flexibility index (Phi) is 8.05. The molecule has 0 aliphatic carbocycles. The molecule has 0 saturated carbocycles. The monoisotopic (exact) mass is 440 g/mol. The maximum Gasteiger partial charge on any atom is 0.303 e. The lowest BCUT2D eigenvalue weighted by molar-refractivity contribution is -0.139. The Morgan fingerprint density at radius 3 is 2.50 bits per heavy atom. The Morgan fingerprint density at radius 2 is 1.84 bits per heavy atom. The first-order chi connectivity index (χ1) is 15.4. The number of nitrogens with one attached hydrogen (secondary N) is 1. The number of aryl methyl sites for hydroxylation is 2. The SMILES string of the molecule is COc1ccccc1N1CCN(CCNc2cc(C)c(C(=O)COC(C)=O)c(C)n2)CC1. The zero-order chi connectivity index (χ0) is 23.1. The Morgan fingerprint density at radius 1 is 1.12 bits per heavy atom. The highest BCUT2D eigenvalue weighted by Crippen LogP contribution is 2.28. The zero-order valence-corrected chi connectivity index (χ0v) is 19.3. The number of methoxy groups -OCH3 is 1. The van der Waals surface area contributed by atoms with Gasteiger partial charge < -0.3 is 19.7 Å². The van der Waals surface area contributed by atoms with Crippen LogP contribution in [-0.4, -0.2) is 74.6 Å². The minimum absolute atomic E-state index is 0.234. The van der Waals surface area contributed by atoms with Gasteiger partial charge in [0.05, 0.1) is 18.5 Å². The Labute approximate surface area is 189 Å². The number of para-hydroxylation sites is 2. The molecule has 0 bridgehead atoms. The van der Waals surface area contributed by atoms with Crippen molar-refractivity contribution >= 4 is 23.3 Å². The standard InChI is InChI=1S/C24H32N4O4/c1-17-15-23(26-18(2)24(17)21(30)16-32-19(3)29)25-9-10-27-11-13-28(14-12-27)20-7-5-6-8-22(20)31-4/h5-8,15H,9-14,16H2,1-4H3,(H,25,26). The molecule has 32 heavy (non-hydrogen) atoms. The van der Waals surface area contributed by atoms with E-state index in [2.05, 4.69) is 26.2 Å². The summed E-state index contributed by atoms with van der Waals surface area (Å²) in [5.41, 5.74) is 3.12. The molecule has 1 N–H and O–H groups in total. The Bertz CT molecular complexity index is 932. The van der Waals surface area contributed by atoms with Gasteiger partial charge in [-0.1, -0.05) is 12.1 Å². The van der Waals surface area contributed by atoms with Crippen LogP contribution < -0.4 is 15.0 Å². The predicted octanol–water partition coefficient (Wildman–Crippen LogP) is 2.69. The van der Waals surface area contributed by atoms with E-state index in [1.807, 2.05) is 31.2 Å². The van der Waals surface area contributed by atoms with Gasteiger partial charge >= 0.3 is 5.97 Å². The number of hydrogen-bond donors (Lipinski definition) is 1. The van der Waals surface area contributed by atoms with Gasteiger partial charge in [-0.3, -0.25) is 14.5 Å². The van der Waals surface area contributed by atoms with E-state index in [-0.39, 0.29) is 12.4 Å². The molecular formula is C24H32N4O4. The van der Waals surface area contributed by atoms with Crippen molar-refractivity contribution in [2.24, 2.45) is 0 Å². The summed E-state index contributed by atoms with van der Waals surface area (Å²) in [5, 5.41) is 3.37. The van der Waals surface area contributed by atoms with Crippen LogP contribution in [0.5, 0.6) is 5.75 Å². The molecule has 0 unspecified atom stereocenters. The van der Waals surface area contributed by atoms with Crippen molar-refractivity contribution in [1.82, 2.24) is 9.88 Å². The van der Waals surface area contributed by atoms with Crippen molar-refractivity contribution < 1.29 is 19.1 Å². The summed E-state index contributed by atoms with van der Waals surface area (Å²) in [5.74, 6) is 0.955. The summed E-state index contributed by atoms with van der Waals surface area (Å²) in [7, 11) is 1.71. The highest BCUT2D eigenvalue weighted by molar-refractivity contribution is 6.00. The van der Waals surface area contributed by atoms with Crippen molar-refractivity contribution in [3.8, 4) is 5.75 Å². The lowest BCUT2D eigenvalue weighted by Gasteiger charge is -2.36. The molecule has 0 atom stereocenters. The lowest BCUT2D eigenvalue weighted by Crippen LogP contribution is -2.47. The van der Waals surface area contributed by atoms with E-state index >= 15 is 0 Å². The smallest absolute Gasteiger partial charge is 0.303 e. The van der Waals surface area contributed by atoms with Crippen LogP contribution in [0.3, 0.4) is 0 Å². The first-order valence-corrected chi connectivity index (χ1v) is 10.9. The summed E-state index contributed by atoms with van der Waals surface area (Å²) in [6, 6.07) is 10.0. The van der Waals surface area contributed by atoms with Crippen LogP contribution >= 0.6 is 0 Å². The van der Waals surface area contributed by atoms with Crippen LogP contribution in [0, 0.1) is 13.8 Å². The summed E-state index contributed by atoms with van der Waals surface area (Å²) in [4.78, 5) is 32.6. The molecule has 172 valence electrons. The fourth-order valence-corrected chi connectivity index (χ4v) is 4.03. The molecule has 1 aliphatic rings. The number of aromatic nitrogens is 1. The summed E-state index contributed by atoms with van der Waals surface area (Å²) < 4.78 is 10.3. The van der Waals surface area contributed by atoms with E-state index in [1.165, 1.54) is 6.92 Å². The van der Waals surface area contributed by atoms with Gasteiger partial charge in [-0.15, -0.1) is 0 Å². The number of ketones is 1. The van der Waals surface area contributed by atoms with E-state index < -0.39 is 5.97 Å². The van der Waals surface area contributed by atoms with Gasteiger partial charge in [0.15, 0.2) is 6.61 Å². The van der Waals surface area contributed by atoms with Crippen LogP contribution in [0.4, 0.5) is 11.5 Å². The average Bonchev–Trinajstić information content (AvgIpc) is 2.77. The number of hydrogen-bond acceptors (Lipinski definition) is 8. The number of piperazine rings is 1. The van der Waals surface area contributed by atoms with Gasteiger partial charge in [0.25, 0.3) is 0 Å². The molecule has 0 spiro atoms. The maximum atomic E-state index is 12.3. The predicted molar refractivity (Wildman–Crippen MR) is 125 cm³/mol. The summed E-state index contributed by atoms with van der Waals surface area (Å²) in [6.07, 6.45) is 0. The average molecular weight is 441 g/mol.